The highest BCUT2D eigenvalue weighted by Gasteiger charge is 2.34. The van der Waals surface area contributed by atoms with E-state index in [-0.39, 0.29) is 12.6 Å². The van der Waals surface area contributed by atoms with Crippen molar-refractivity contribution >= 4 is 17.6 Å². The molecule has 1 heterocycles. The molecule has 104 valence electrons. The van der Waals surface area contributed by atoms with Crippen LogP contribution in [-0.2, 0) is 19.1 Å². The molecule has 2 rings (SSSR count). The highest BCUT2D eigenvalue weighted by molar-refractivity contribution is 5.82. The molecule has 0 bridgehead atoms. The van der Waals surface area contributed by atoms with Gasteiger partial charge < -0.3 is 14.8 Å². The molecule has 2 unspecified atom stereocenters. The number of nitrogens with zero attached hydrogens (tertiary/aromatic N) is 1. The van der Waals surface area contributed by atoms with Crippen molar-refractivity contribution in [3.63, 3.8) is 0 Å². The number of benzene rings is 1. The third-order valence-corrected chi connectivity index (χ3v) is 2.85. The molecule has 1 saturated heterocycles. The van der Waals surface area contributed by atoms with Gasteiger partial charge in [-0.3, -0.25) is 4.79 Å². The molecule has 1 aromatic carbocycles. The van der Waals surface area contributed by atoms with Gasteiger partial charge in [-0.1, -0.05) is 0 Å². The summed E-state index contributed by atoms with van der Waals surface area (Å²) in [5.74, 6) is -1.02. The lowest BCUT2D eigenvalue weighted by molar-refractivity contribution is -0.159. The summed E-state index contributed by atoms with van der Waals surface area (Å²) < 4.78 is 9.93. The van der Waals surface area contributed by atoms with E-state index in [9.17, 15) is 9.59 Å². The van der Waals surface area contributed by atoms with Crippen LogP contribution in [0, 0.1) is 11.3 Å². The van der Waals surface area contributed by atoms with E-state index in [2.05, 4.69) is 5.32 Å². The summed E-state index contributed by atoms with van der Waals surface area (Å²) in [7, 11) is 0. The molecule has 1 aliphatic rings. The number of esters is 2. The van der Waals surface area contributed by atoms with E-state index in [0.717, 1.165) is 0 Å². The van der Waals surface area contributed by atoms with Gasteiger partial charge in [0.05, 0.1) is 11.6 Å². The third-order valence-electron chi connectivity index (χ3n) is 2.85. The second-order valence-electron chi connectivity index (χ2n) is 4.50. The van der Waals surface area contributed by atoms with Crippen LogP contribution in [0.5, 0.6) is 0 Å². The molecule has 0 amide bonds. The van der Waals surface area contributed by atoms with E-state index < -0.39 is 18.0 Å². The van der Waals surface area contributed by atoms with Crippen molar-refractivity contribution in [2.75, 3.05) is 11.9 Å². The first-order chi connectivity index (χ1) is 9.58. The summed E-state index contributed by atoms with van der Waals surface area (Å²) in [5.41, 5.74) is 1.24. The maximum Gasteiger partial charge on any atom is 0.347 e. The number of hydrogen-bond acceptors (Lipinski definition) is 6. The first-order valence-electron chi connectivity index (χ1n) is 6.22. The van der Waals surface area contributed by atoms with Gasteiger partial charge in [-0.25, -0.2) is 4.79 Å². The van der Waals surface area contributed by atoms with Crippen LogP contribution in [0.1, 0.15) is 18.9 Å². The third kappa shape index (κ3) is 3.48. The van der Waals surface area contributed by atoms with Crippen LogP contribution in [0.15, 0.2) is 24.3 Å². The van der Waals surface area contributed by atoms with Gasteiger partial charge in [0.25, 0.3) is 0 Å². The van der Waals surface area contributed by atoms with Crippen molar-refractivity contribution in [1.29, 1.82) is 5.26 Å². The molecule has 6 heteroatoms. The molecule has 20 heavy (non-hydrogen) atoms. The number of carbonyl (C=O) groups excluding carboxylic acids is 2. The Morgan fingerprint density at radius 1 is 1.50 bits per heavy atom. The van der Waals surface area contributed by atoms with Crippen LogP contribution < -0.4 is 5.32 Å². The van der Waals surface area contributed by atoms with Gasteiger partial charge in [-0.05, 0) is 31.2 Å². The Bertz CT molecular complexity index is 547. The van der Waals surface area contributed by atoms with Gasteiger partial charge in [0.1, 0.15) is 12.6 Å². The molecule has 2 atom stereocenters. The second kappa shape index (κ2) is 6.06. The van der Waals surface area contributed by atoms with Gasteiger partial charge in [-0.15, -0.1) is 0 Å². The van der Waals surface area contributed by atoms with Gasteiger partial charge in [0.2, 0.25) is 6.10 Å². The minimum Gasteiger partial charge on any atom is -0.460 e. The Balaban J connectivity index is 1.80. The van der Waals surface area contributed by atoms with Crippen molar-refractivity contribution in [3.8, 4) is 6.07 Å². The quantitative estimate of drug-likeness (QED) is 0.830. The summed E-state index contributed by atoms with van der Waals surface area (Å²) in [6, 6.07) is 8.67. The summed E-state index contributed by atoms with van der Waals surface area (Å²) in [6.45, 7) is 1.70. The van der Waals surface area contributed by atoms with Crippen molar-refractivity contribution in [2.24, 2.45) is 0 Å². The first-order valence-corrected chi connectivity index (χ1v) is 6.22. The fraction of sp³-hybridized carbons (Fsp3) is 0.357. The van der Waals surface area contributed by atoms with Gasteiger partial charge in [-0.2, -0.15) is 5.26 Å². The van der Waals surface area contributed by atoms with Crippen LogP contribution in [0.3, 0.4) is 0 Å². The molecule has 1 N–H and O–H groups in total. The molecular formula is C14H14N2O4. The number of hydrogen-bond donors (Lipinski definition) is 1. The fourth-order valence-corrected chi connectivity index (χ4v) is 1.85. The summed E-state index contributed by atoms with van der Waals surface area (Å²) in [6.07, 6.45) is -0.631. The molecule has 0 radical (unpaired) electrons. The maximum absolute atomic E-state index is 11.6. The van der Waals surface area contributed by atoms with E-state index in [1.807, 2.05) is 6.07 Å². The topological polar surface area (TPSA) is 88.4 Å². The van der Waals surface area contributed by atoms with Crippen LogP contribution in [0.4, 0.5) is 5.69 Å². The Morgan fingerprint density at radius 3 is 2.75 bits per heavy atom. The van der Waals surface area contributed by atoms with Crippen LogP contribution in [-0.4, -0.2) is 30.7 Å². The monoisotopic (exact) mass is 274 g/mol. The van der Waals surface area contributed by atoms with Crippen molar-refractivity contribution in [3.05, 3.63) is 29.8 Å². The highest BCUT2D eigenvalue weighted by Crippen LogP contribution is 2.17. The average Bonchev–Trinajstić information content (AvgIpc) is 2.75. The van der Waals surface area contributed by atoms with E-state index in [1.165, 1.54) is 0 Å². The lowest BCUT2D eigenvalue weighted by atomic mass is 10.2. The number of rotatable bonds is 4. The molecule has 0 spiro atoms. The molecule has 1 fully saturated rings. The van der Waals surface area contributed by atoms with Crippen LogP contribution in [0.25, 0.3) is 0 Å². The first kappa shape index (κ1) is 13.9. The van der Waals surface area contributed by atoms with Crippen molar-refractivity contribution in [2.45, 2.75) is 25.6 Å². The summed E-state index contributed by atoms with van der Waals surface area (Å²) >= 11 is 0. The number of carbonyl (C=O) groups is 2. The number of anilines is 1. The predicted molar refractivity (Wildman–Crippen MR) is 69.7 cm³/mol. The molecule has 1 aliphatic heterocycles. The second-order valence-corrected chi connectivity index (χ2v) is 4.50. The Labute approximate surface area is 116 Å². The molecular weight excluding hydrogens is 260 g/mol. The SMILES string of the molecule is CC1CC(OC(=O)CNc2ccc(C#N)cc2)C(=O)O1. The summed E-state index contributed by atoms with van der Waals surface area (Å²) in [5, 5.41) is 11.5. The van der Waals surface area contributed by atoms with Crippen molar-refractivity contribution in [1.82, 2.24) is 0 Å². The molecule has 0 saturated carbocycles. The number of nitriles is 1. The zero-order valence-corrected chi connectivity index (χ0v) is 11.0. The smallest absolute Gasteiger partial charge is 0.347 e. The normalized spacial score (nSPS) is 20.9. The fourth-order valence-electron chi connectivity index (χ4n) is 1.85. The highest BCUT2D eigenvalue weighted by atomic mass is 16.6. The van der Waals surface area contributed by atoms with E-state index >= 15 is 0 Å². The van der Waals surface area contributed by atoms with E-state index in [4.69, 9.17) is 14.7 Å². The number of nitrogens with one attached hydrogen (secondary N) is 1. The minimum absolute atomic E-state index is 0.0515. The van der Waals surface area contributed by atoms with E-state index in [0.29, 0.717) is 17.7 Å². The number of ether oxygens (including phenoxy) is 2. The lowest BCUT2D eigenvalue weighted by Gasteiger charge is -2.09. The van der Waals surface area contributed by atoms with Gasteiger partial charge >= 0.3 is 11.9 Å². The number of cyclic esters (lactones) is 1. The van der Waals surface area contributed by atoms with Crippen molar-refractivity contribution < 1.29 is 19.1 Å². The Hall–Kier alpha value is -2.55. The molecule has 0 aliphatic carbocycles. The Morgan fingerprint density at radius 2 is 2.20 bits per heavy atom. The Kier molecular flexibility index (Phi) is 4.20. The molecule has 0 aromatic heterocycles. The van der Waals surface area contributed by atoms with E-state index in [1.54, 1.807) is 31.2 Å². The molecule has 6 nitrogen and oxygen atoms in total. The molecule has 1 aromatic rings. The standard InChI is InChI=1S/C14H14N2O4/c1-9-6-12(14(18)19-9)20-13(17)8-16-11-4-2-10(7-15)3-5-11/h2-5,9,12,16H,6,8H2,1H3. The average molecular weight is 274 g/mol. The minimum atomic E-state index is -0.805. The zero-order valence-electron chi connectivity index (χ0n) is 11.0. The maximum atomic E-state index is 11.6. The largest absolute Gasteiger partial charge is 0.460 e. The predicted octanol–water partition coefficient (Wildman–Crippen LogP) is 1.22. The van der Waals surface area contributed by atoms with Crippen LogP contribution in [0.2, 0.25) is 0 Å². The van der Waals surface area contributed by atoms with Gasteiger partial charge in [0.15, 0.2) is 0 Å². The zero-order chi connectivity index (χ0) is 14.5. The van der Waals surface area contributed by atoms with Crippen LogP contribution >= 0.6 is 0 Å². The lowest BCUT2D eigenvalue weighted by Crippen LogP contribution is -2.26. The summed E-state index contributed by atoms with van der Waals surface area (Å²) in [4.78, 5) is 22.9. The van der Waals surface area contributed by atoms with Gasteiger partial charge in [0, 0.05) is 12.1 Å².